The number of hydrogen-bond donors (Lipinski definition) is 2. The Balaban J connectivity index is 2.30. The molecule has 1 aromatic rings. The summed E-state index contributed by atoms with van der Waals surface area (Å²) in [5.74, 6) is 0. The topological polar surface area (TPSA) is 48.9 Å². The number of aromatic amines is 1. The molecule has 2 rings (SSSR count). The molecule has 1 aliphatic carbocycles. The molecule has 0 unspecified atom stereocenters. The van der Waals surface area contributed by atoms with E-state index in [4.69, 9.17) is 0 Å². The van der Waals surface area contributed by atoms with E-state index in [0.29, 0.717) is 0 Å². The normalized spacial score (nSPS) is 24.3. The fraction of sp³-hybridized carbons (Fsp3) is 0.571. The van der Waals surface area contributed by atoms with Crippen LogP contribution in [-0.4, -0.2) is 21.4 Å². The van der Waals surface area contributed by atoms with Crippen molar-refractivity contribution in [2.24, 2.45) is 0 Å². The summed E-state index contributed by atoms with van der Waals surface area (Å²) in [6, 6.07) is 0. The first-order chi connectivity index (χ1) is 4.86. The summed E-state index contributed by atoms with van der Waals surface area (Å²) in [4.78, 5) is 0. The van der Waals surface area contributed by atoms with Crippen LogP contribution in [-0.2, 0) is 12.8 Å². The van der Waals surface area contributed by atoms with E-state index < -0.39 is 0 Å². The molecule has 0 aromatic carbocycles. The monoisotopic (exact) mass is 138 g/mol. The van der Waals surface area contributed by atoms with Gasteiger partial charge in [0.25, 0.3) is 0 Å². The maximum Gasteiger partial charge on any atom is 0.0585 e. The van der Waals surface area contributed by atoms with Crippen molar-refractivity contribution in [3.63, 3.8) is 0 Å². The molecular formula is C7H10N2O. The van der Waals surface area contributed by atoms with E-state index in [1.807, 2.05) is 0 Å². The van der Waals surface area contributed by atoms with Gasteiger partial charge < -0.3 is 5.11 Å². The zero-order chi connectivity index (χ0) is 6.97. The van der Waals surface area contributed by atoms with Crippen molar-refractivity contribution in [1.29, 1.82) is 0 Å². The number of nitrogens with zero attached hydrogens (tertiary/aromatic N) is 1. The van der Waals surface area contributed by atoms with Crippen LogP contribution >= 0.6 is 0 Å². The summed E-state index contributed by atoms with van der Waals surface area (Å²) in [7, 11) is 0. The standard InChI is InChI=1S/C7H10N2O/c10-6-1-2-7-5(3-6)4-8-9-7/h4,6,10H,1-3H2,(H,8,9)/t6-/m0/s1. The third kappa shape index (κ3) is 0.827. The van der Waals surface area contributed by atoms with Crippen molar-refractivity contribution in [3.05, 3.63) is 17.5 Å². The lowest BCUT2D eigenvalue weighted by Gasteiger charge is -2.15. The Morgan fingerprint density at radius 2 is 2.60 bits per heavy atom. The molecule has 0 radical (unpaired) electrons. The third-order valence-corrected chi connectivity index (χ3v) is 1.99. The zero-order valence-electron chi connectivity index (χ0n) is 5.67. The van der Waals surface area contributed by atoms with Crippen molar-refractivity contribution in [3.8, 4) is 0 Å². The highest BCUT2D eigenvalue weighted by atomic mass is 16.3. The number of nitrogens with one attached hydrogen (secondary N) is 1. The largest absolute Gasteiger partial charge is 0.393 e. The third-order valence-electron chi connectivity index (χ3n) is 1.99. The van der Waals surface area contributed by atoms with Gasteiger partial charge in [-0.1, -0.05) is 0 Å². The SMILES string of the molecule is O[C@H]1CCc2[nH]ncc2C1. The number of aliphatic hydroxyl groups is 1. The van der Waals surface area contributed by atoms with Crippen molar-refractivity contribution in [2.45, 2.75) is 25.4 Å². The van der Waals surface area contributed by atoms with E-state index in [2.05, 4.69) is 10.2 Å². The number of fused-ring (bicyclic) bond motifs is 1. The molecule has 0 spiro atoms. The highest BCUT2D eigenvalue weighted by Crippen LogP contribution is 2.17. The molecule has 1 heterocycles. The average Bonchev–Trinajstić information content (AvgIpc) is 2.33. The Morgan fingerprint density at radius 3 is 3.50 bits per heavy atom. The Hall–Kier alpha value is -0.830. The van der Waals surface area contributed by atoms with Crippen molar-refractivity contribution in [1.82, 2.24) is 10.2 Å². The van der Waals surface area contributed by atoms with Gasteiger partial charge in [-0.05, 0) is 18.4 Å². The van der Waals surface area contributed by atoms with E-state index in [9.17, 15) is 5.11 Å². The number of hydrogen-bond acceptors (Lipinski definition) is 2. The summed E-state index contributed by atoms with van der Waals surface area (Å²) in [5, 5.41) is 16.1. The average molecular weight is 138 g/mol. The Bertz CT molecular complexity index is 231. The summed E-state index contributed by atoms with van der Waals surface area (Å²) < 4.78 is 0. The second-order valence-electron chi connectivity index (χ2n) is 2.77. The van der Waals surface area contributed by atoms with Crippen LogP contribution in [0.15, 0.2) is 6.20 Å². The Labute approximate surface area is 59.1 Å². The van der Waals surface area contributed by atoms with Gasteiger partial charge >= 0.3 is 0 Å². The quantitative estimate of drug-likeness (QED) is 0.540. The molecule has 3 nitrogen and oxygen atoms in total. The molecule has 0 saturated heterocycles. The van der Waals surface area contributed by atoms with Crippen LogP contribution in [0.4, 0.5) is 0 Å². The van der Waals surface area contributed by atoms with E-state index in [1.165, 1.54) is 11.3 Å². The molecule has 0 saturated carbocycles. The minimum absolute atomic E-state index is 0.148. The number of rotatable bonds is 0. The Kier molecular flexibility index (Phi) is 1.24. The second kappa shape index (κ2) is 2.09. The van der Waals surface area contributed by atoms with Gasteiger partial charge in [0.2, 0.25) is 0 Å². The summed E-state index contributed by atoms with van der Waals surface area (Å²) in [6.45, 7) is 0. The van der Waals surface area contributed by atoms with Crippen LogP contribution in [0.25, 0.3) is 0 Å². The first kappa shape index (κ1) is 5.92. The first-order valence-electron chi connectivity index (χ1n) is 3.55. The molecule has 10 heavy (non-hydrogen) atoms. The highest BCUT2D eigenvalue weighted by molar-refractivity contribution is 5.20. The maximum absolute atomic E-state index is 9.23. The molecule has 3 heteroatoms. The predicted molar refractivity (Wildman–Crippen MR) is 36.6 cm³/mol. The molecule has 1 aliphatic rings. The first-order valence-corrected chi connectivity index (χ1v) is 3.55. The lowest BCUT2D eigenvalue weighted by atomic mass is 9.96. The zero-order valence-corrected chi connectivity index (χ0v) is 5.67. The predicted octanol–water partition coefficient (Wildman–Crippen LogP) is 0.259. The summed E-state index contributed by atoms with van der Waals surface area (Å²) in [5.41, 5.74) is 2.38. The van der Waals surface area contributed by atoms with Crippen LogP contribution in [0.3, 0.4) is 0 Å². The maximum atomic E-state index is 9.23. The number of aromatic nitrogens is 2. The van der Waals surface area contributed by atoms with Gasteiger partial charge in [0.15, 0.2) is 0 Å². The van der Waals surface area contributed by atoms with Gasteiger partial charge in [0.05, 0.1) is 12.3 Å². The molecule has 54 valence electrons. The van der Waals surface area contributed by atoms with Crippen LogP contribution in [0.5, 0.6) is 0 Å². The minimum Gasteiger partial charge on any atom is -0.393 e. The van der Waals surface area contributed by atoms with Crippen molar-refractivity contribution < 1.29 is 5.11 Å². The van der Waals surface area contributed by atoms with Gasteiger partial charge in [-0.3, -0.25) is 5.10 Å². The van der Waals surface area contributed by atoms with Crippen LogP contribution < -0.4 is 0 Å². The van der Waals surface area contributed by atoms with Gasteiger partial charge in [-0.25, -0.2) is 0 Å². The van der Waals surface area contributed by atoms with E-state index >= 15 is 0 Å². The number of aryl methyl sites for hydroxylation is 1. The second-order valence-corrected chi connectivity index (χ2v) is 2.77. The van der Waals surface area contributed by atoms with Gasteiger partial charge in [0.1, 0.15) is 0 Å². The fourth-order valence-corrected chi connectivity index (χ4v) is 1.40. The van der Waals surface area contributed by atoms with Crippen molar-refractivity contribution in [2.75, 3.05) is 0 Å². The van der Waals surface area contributed by atoms with E-state index in [1.54, 1.807) is 6.20 Å². The number of aliphatic hydroxyl groups excluding tert-OH is 1. The summed E-state index contributed by atoms with van der Waals surface area (Å²) >= 11 is 0. The van der Waals surface area contributed by atoms with Gasteiger partial charge in [-0.15, -0.1) is 0 Å². The smallest absolute Gasteiger partial charge is 0.0585 e. The molecule has 0 fully saturated rings. The molecular weight excluding hydrogens is 128 g/mol. The molecule has 0 amide bonds. The van der Waals surface area contributed by atoms with Gasteiger partial charge in [-0.2, -0.15) is 5.10 Å². The number of H-pyrrole nitrogens is 1. The van der Waals surface area contributed by atoms with Crippen LogP contribution in [0, 0.1) is 0 Å². The molecule has 0 bridgehead atoms. The molecule has 1 atom stereocenters. The lowest BCUT2D eigenvalue weighted by molar-refractivity contribution is 0.158. The van der Waals surface area contributed by atoms with Gasteiger partial charge in [0, 0.05) is 12.1 Å². The molecule has 2 N–H and O–H groups in total. The molecule has 0 aliphatic heterocycles. The minimum atomic E-state index is -0.148. The lowest BCUT2D eigenvalue weighted by Crippen LogP contribution is -2.17. The van der Waals surface area contributed by atoms with Crippen LogP contribution in [0.2, 0.25) is 0 Å². The highest BCUT2D eigenvalue weighted by Gasteiger charge is 2.16. The van der Waals surface area contributed by atoms with Crippen LogP contribution in [0.1, 0.15) is 17.7 Å². The molecule has 1 aromatic heterocycles. The summed E-state index contributed by atoms with van der Waals surface area (Å²) in [6.07, 6.45) is 4.24. The van der Waals surface area contributed by atoms with E-state index in [0.717, 1.165) is 19.3 Å². The van der Waals surface area contributed by atoms with Crippen molar-refractivity contribution >= 4 is 0 Å². The van der Waals surface area contributed by atoms with E-state index in [-0.39, 0.29) is 6.10 Å². The Morgan fingerprint density at radius 1 is 1.70 bits per heavy atom. The fourth-order valence-electron chi connectivity index (χ4n) is 1.40.